The molecular formula is C15H20BrNO2. The second-order valence-electron chi connectivity index (χ2n) is 5.60. The average molecular weight is 326 g/mol. The standard InChI is InChI=1S/C15H20BrNO2/c1-10-11(15(2)5-3-6-17-15)9-12(16)14-13(10)18-7-4-8-19-14/h9,17H,3-8H2,1-2H3. The lowest BCUT2D eigenvalue weighted by atomic mass is 9.87. The molecule has 1 saturated heterocycles. The summed E-state index contributed by atoms with van der Waals surface area (Å²) in [6.45, 7) is 6.95. The molecule has 2 aliphatic heterocycles. The Kier molecular flexibility index (Phi) is 3.48. The normalized spacial score (nSPS) is 26.3. The van der Waals surface area contributed by atoms with Crippen LogP contribution >= 0.6 is 15.9 Å². The van der Waals surface area contributed by atoms with E-state index in [2.05, 4.69) is 41.2 Å². The van der Waals surface area contributed by atoms with Gasteiger partial charge in [0.1, 0.15) is 0 Å². The van der Waals surface area contributed by atoms with Crippen LogP contribution in [0.1, 0.15) is 37.3 Å². The van der Waals surface area contributed by atoms with E-state index in [4.69, 9.17) is 9.47 Å². The van der Waals surface area contributed by atoms with Crippen molar-refractivity contribution in [2.75, 3.05) is 19.8 Å². The Labute approximate surface area is 122 Å². The number of hydrogen-bond acceptors (Lipinski definition) is 3. The Bertz CT molecular complexity index is 495. The van der Waals surface area contributed by atoms with Gasteiger partial charge in [0.15, 0.2) is 11.5 Å². The van der Waals surface area contributed by atoms with E-state index in [0.29, 0.717) is 0 Å². The minimum Gasteiger partial charge on any atom is -0.489 e. The van der Waals surface area contributed by atoms with Crippen LogP contribution in [0.2, 0.25) is 0 Å². The highest BCUT2D eigenvalue weighted by Gasteiger charge is 2.34. The van der Waals surface area contributed by atoms with Crippen LogP contribution in [0.15, 0.2) is 10.5 Å². The summed E-state index contributed by atoms with van der Waals surface area (Å²) in [6.07, 6.45) is 3.33. The van der Waals surface area contributed by atoms with Crippen LogP contribution in [-0.4, -0.2) is 19.8 Å². The van der Waals surface area contributed by atoms with E-state index in [-0.39, 0.29) is 5.54 Å². The minimum absolute atomic E-state index is 0.0529. The van der Waals surface area contributed by atoms with Crippen molar-refractivity contribution in [3.8, 4) is 11.5 Å². The van der Waals surface area contributed by atoms with Crippen molar-refractivity contribution in [1.82, 2.24) is 5.32 Å². The molecule has 0 aliphatic carbocycles. The molecule has 2 aliphatic rings. The monoisotopic (exact) mass is 325 g/mol. The molecule has 3 nitrogen and oxygen atoms in total. The van der Waals surface area contributed by atoms with Gasteiger partial charge in [-0.1, -0.05) is 0 Å². The molecule has 0 radical (unpaired) electrons. The van der Waals surface area contributed by atoms with Gasteiger partial charge in [0.2, 0.25) is 0 Å². The van der Waals surface area contributed by atoms with Gasteiger partial charge in [-0.25, -0.2) is 0 Å². The van der Waals surface area contributed by atoms with E-state index in [0.717, 1.165) is 42.2 Å². The molecule has 1 N–H and O–H groups in total. The van der Waals surface area contributed by atoms with Crippen molar-refractivity contribution in [1.29, 1.82) is 0 Å². The summed E-state index contributed by atoms with van der Waals surface area (Å²) < 4.78 is 12.7. The summed E-state index contributed by atoms with van der Waals surface area (Å²) in [7, 11) is 0. The molecule has 1 unspecified atom stereocenters. The summed E-state index contributed by atoms with van der Waals surface area (Å²) in [6, 6.07) is 2.20. The minimum atomic E-state index is 0.0529. The molecule has 1 aromatic rings. The molecule has 1 atom stereocenters. The molecule has 1 fully saturated rings. The zero-order valence-corrected chi connectivity index (χ0v) is 13.1. The van der Waals surface area contributed by atoms with Gasteiger partial charge >= 0.3 is 0 Å². The molecule has 3 rings (SSSR count). The molecular weight excluding hydrogens is 306 g/mol. The van der Waals surface area contributed by atoms with E-state index in [1.165, 1.54) is 24.0 Å². The lowest BCUT2D eigenvalue weighted by molar-refractivity contribution is 0.295. The smallest absolute Gasteiger partial charge is 0.175 e. The van der Waals surface area contributed by atoms with Crippen molar-refractivity contribution < 1.29 is 9.47 Å². The van der Waals surface area contributed by atoms with Gasteiger partial charge in [-0.3, -0.25) is 0 Å². The summed E-state index contributed by atoms with van der Waals surface area (Å²) >= 11 is 3.64. The highest BCUT2D eigenvalue weighted by atomic mass is 79.9. The SMILES string of the molecule is Cc1c(C2(C)CCCN2)cc(Br)c2c1OCCCO2. The molecule has 0 aromatic heterocycles. The van der Waals surface area contributed by atoms with Crippen LogP contribution in [0.25, 0.3) is 0 Å². The first kappa shape index (κ1) is 13.3. The number of rotatable bonds is 1. The Morgan fingerprint density at radius 3 is 2.63 bits per heavy atom. The molecule has 104 valence electrons. The number of hydrogen-bond donors (Lipinski definition) is 1. The van der Waals surface area contributed by atoms with Crippen molar-refractivity contribution in [3.05, 3.63) is 21.7 Å². The maximum Gasteiger partial charge on any atom is 0.175 e. The van der Waals surface area contributed by atoms with Gasteiger partial charge in [-0.15, -0.1) is 0 Å². The second kappa shape index (κ2) is 4.98. The first-order valence-electron chi connectivity index (χ1n) is 6.96. The highest BCUT2D eigenvalue weighted by molar-refractivity contribution is 9.10. The van der Waals surface area contributed by atoms with Crippen LogP contribution < -0.4 is 14.8 Å². The first-order chi connectivity index (χ1) is 9.12. The lowest BCUT2D eigenvalue weighted by Crippen LogP contribution is -2.34. The highest BCUT2D eigenvalue weighted by Crippen LogP contribution is 2.45. The van der Waals surface area contributed by atoms with E-state index in [9.17, 15) is 0 Å². The summed E-state index contributed by atoms with van der Waals surface area (Å²) in [5, 5.41) is 3.62. The largest absolute Gasteiger partial charge is 0.489 e. The summed E-state index contributed by atoms with van der Waals surface area (Å²) in [4.78, 5) is 0. The third-order valence-electron chi connectivity index (χ3n) is 4.18. The van der Waals surface area contributed by atoms with Crippen LogP contribution in [0.3, 0.4) is 0 Å². The molecule has 0 saturated carbocycles. The van der Waals surface area contributed by atoms with Crippen LogP contribution in [0.4, 0.5) is 0 Å². The van der Waals surface area contributed by atoms with Crippen molar-refractivity contribution in [2.24, 2.45) is 0 Å². The lowest BCUT2D eigenvalue weighted by Gasteiger charge is -2.29. The number of ether oxygens (including phenoxy) is 2. The average Bonchev–Trinajstić information content (AvgIpc) is 2.68. The van der Waals surface area contributed by atoms with Gasteiger partial charge in [-0.2, -0.15) is 0 Å². The second-order valence-corrected chi connectivity index (χ2v) is 6.46. The fraction of sp³-hybridized carbons (Fsp3) is 0.600. The summed E-state index contributed by atoms with van der Waals surface area (Å²) in [5.74, 6) is 1.78. The van der Waals surface area contributed by atoms with Gasteiger partial charge in [0.05, 0.1) is 17.7 Å². The van der Waals surface area contributed by atoms with Gasteiger partial charge < -0.3 is 14.8 Å². The van der Waals surface area contributed by atoms with E-state index in [1.54, 1.807) is 0 Å². The predicted octanol–water partition coefficient (Wildman–Crippen LogP) is 3.52. The zero-order valence-electron chi connectivity index (χ0n) is 11.5. The molecule has 1 aromatic carbocycles. The fourth-order valence-corrected chi connectivity index (χ4v) is 3.64. The maximum atomic E-state index is 5.92. The van der Waals surface area contributed by atoms with Crippen molar-refractivity contribution in [2.45, 2.75) is 38.6 Å². The third-order valence-corrected chi connectivity index (χ3v) is 4.77. The van der Waals surface area contributed by atoms with E-state index in [1.807, 2.05) is 0 Å². The molecule has 0 bridgehead atoms. The number of halogens is 1. The zero-order chi connectivity index (χ0) is 13.5. The molecule has 19 heavy (non-hydrogen) atoms. The maximum absolute atomic E-state index is 5.92. The molecule has 0 spiro atoms. The number of nitrogens with one attached hydrogen (secondary N) is 1. The van der Waals surface area contributed by atoms with Crippen LogP contribution in [-0.2, 0) is 5.54 Å². The first-order valence-corrected chi connectivity index (χ1v) is 7.75. The van der Waals surface area contributed by atoms with Crippen molar-refractivity contribution >= 4 is 15.9 Å². The Morgan fingerprint density at radius 1 is 1.21 bits per heavy atom. The van der Waals surface area contributed by atoms with E-state index < -0.39 is 0 Å². The van der Waals surface area contributed by atoms with E-state index >= 15 is 0 Å². The van der Waals surface area contributed by atoms with Gasteiger partial charge in [0, 0.05) is 17.5 Å². The van der Waals surface area contributed by atoms with Crippen LogP contribution in [0.5, 0.6) is 11.5 Å². The number of benzene rings is 1. The molecule has 4 heteroatoms. The predicted molar refractivity (Wildman–Crippen MR) is 79.1 cm³/mol. The number of fused-ring (bicyclic) bond motifs is 1. The summed E-state index contributed by atoms with van der Waals surface area (Å²) in [5.41, 5.74) is 2.58. The van der Waals surface area contributed by atoms with Crippen LogP contribution in [0, 0.1) is 6.92 Å². The molecule has 2 heterocycles. The Morgan fingerprint density at radius 2 is 1.95 bits per heavy atom. The van der Waals surface area contributed by atoms with Crippen molar-refractivity contribution in [3.63, 3.8) is 0 Å². The third kappa shape index (κ3) is 2.25. The topological polar surface area (TPSA) is 30.5 Å². The Balaban J connectivity index is 2.12. The van der Waals surface area contributed by atoms with Gasteiger partial charge in [-0.05, 0) is 60.8 Å². The quantitative estimate of drug-likeness (QED) is 0.857. The fourth-order valence-electron chi connectivity index (χ4n) is 3.11. The Hall–Kier alpha value is -0.740. The molecule has 0 amide bonds. The van der Waals surface area contributed by atoms with Gasteiger partial charge in [0.25, 0.3) is 0 Å².